The van der Waals surface area contributed by atoms with Gasteiger partial charge in [0.2, 0.25) is 0 Å². The monoisotopic (exact) mass is 309 g/mol. The van der Waals surface area contributed by atoms with E-state index in [1.807, 2.05) is 39.0 Å². The number of carboxylic acids is 1. The lowest BCUT2D eigenvalue weighted by Crippen LogP contribution is -2.32. The van der Waals surface area contributed by atoms with Gasteiger partial charge in [-0.3, -0.25) is 4.79 Å². The number of ether oxygens (including phenoxy) is 2. The van der Waals surface area contributed by atoms with E-state index in [0.717, 1.165) is 17.1 Å². The molecule has 0 amide bonds. The molecule has 0 aliphatic heterocycles. The number of nitrogens with two attached hydrogens (primary N) is 1. The first-order chi connectivity index (χ1) is 10.4. The summed E-state index contributed by atoms with van der Waals surface area (Å²) in [5.41, 5.74) is 6.72. The first kappa shape index (κ1) is 18.3. The van der Waals surface area contributed by atoms with Crippen LogP contribution < -0.4 is 15.2 Å². The van der Waals surface area contributed by atoms with Crippen molar-refractivity contribution in [3.63, 3.8) is 0 Å². The highest BCUT2D eigenvalue weighted by Gasteiger charge is 2.22. The van der Waals surface area contributed by atoms with E-state index in [2.05, 4.69) is 6.92 Å². The van der Waals surface area contributed by atoms with Crippen LogP contribution in [0.2, 0.25) is 0 Å². The maximum absolute atomic E-state index is 10.9. The van der Waals surface area contributed by atoms with Crippen molar-refractivity contribution in [2.45, 2.75) is 46.1 Å². The van der Waals surface area contributed by atoms with Crippen LogP contribution in [0.4, 0.5) is 0 Å². The van der Waals surface area contributed by atoms with Gasteiger partial charge in [-0.2, -0.15) is 0 Å². The maximum Gasteiger partial charge on any atom is 0.320 e. The van der Waals surface area contributed by atoms with Crippen LogP contribution in [0.3, 0.4) is 0 Å². The molecule has 0 saturated carbocycles. The summed E-state index contributed by atoms with van der Waals surface area (Å²) in [6.07, 6.45) is 0.438. The lowest BCUT2D eigenvalue weighted by molar-refractivity contribution is -0.138. The molecular weight excluding hydrogens is 282 g/mol. The van der Waals surface area contributed by atoms with Gasteiger partial charge in [-0.1, -0.05) is 19.9 Å². The normalized spacial score (nSPS) is 15.0. The average Bonchev–Trinajstić information content (AvgIpc) is 2.48. The second-order valence-corrected chi connectivity index (χ2v) is 5.52. The van der Waals surface area contributed by atoms with Crippen molar-refractivity contribution in [3.05, 3.63) is 23.8 Å². The fraction of sp³-hybridized carbons (Fsp3) is 0.588. The largest absolute Gasteiger partial charge is 0.490 e. The highest BCUT2D eigenvalue weighted by Crippen LogP contribution is 2.34. The summed E-state index contributed by atoms with van der Waals surface area (Å²) in [6, 6.07) is 5.05. The van der Waals surface area contributed by atoms with Gasteiger partial charge < -0.3 is 20.3 Å². The van der Waals surface area contributed by atoms with Gasteiger partial charge >= 0.3 is 5.97 Å². The lowest BCUT2D eigenvalue weighted by atomic mass is 9.84. The van der Waals surface area contributed by atoms with Crippen LogP contribution in [0.5, 0.6) is 11.5 Å². The van der Waals surface area contributed by atoms with Crippen LogP contribution in [0, 0.1) is 5.92 Å². The Labute approximate surface area is 132 Å². The predicted molar refractivity (Wildman–Crippen MR) is 86.6 cm³/mol. The van der Waals surface area contributed by atoms with E-state index in [1.165, 1.54) is 0 Å². The SMILES string of the molecule is CCOc1ccc(C(C)C(C)CC(N)C(=O)O)cc1OCC. The van der Waals surface area contributed by atoms with Gasteiger partial charge in [0.15, 0.2) is 11.5 Å². The van der Waals surface area contributed by atoms with Crippen LogP contribution in [0.15, 0.2) is 18.2 Å². The molecule has 0 fully saturated rings. The van der Waals surface area contributed by atoms with Crippen molar-refractivity contribution in [2.75, 3.05) is 13.2 Å². The predicted octanol–water partition coefficient (Wildman–Crippen LogP) is 3.03. The van der Waals surface area contributed by atoms with E-state index in [9.17, 15) is 4.79 Å². The molecule has 0 spiro atoms. The molecule has 1 aromatic carbocycles. The number of hydrogen-bond acceptors (Lipinski definition) is 4. The topological polar surface area (TPSA) is 81.8 Å². The fourth-order valence-electron chi connectivity index (χ4n) is 2.38. The Morgan fingerprint density at radius 1 is 1.18 bits per heavy atom. The number of carbonyl (C=O) groups is 1. The first-order valence-electron chi connectivity index (χ1n) is 7.78. The highest BCUT2D eigenvalue weighted by atomic mass is 16.5. The molecule has 0 aliphatic carbocycles. The molecule has 0 bridgehead atoms. The van der Waals surface area contributed by atoms with Crippen molar-refractivity contribution in [1.82, 2.24) is 0 Å². The third kappa shape index (κ3) is 4.91. The molecule has 0 radical (unpaired) electrons. The summed E-state index contributed by atoms with van der Waals surface area (Å²) >= 11 is 0. The smallest absolute Gasteiger partial charge is 0.320 e. The summed E-state index contributed by atoms with van der Waals surface area (Å²) in [5, 5.41) is 8.93. The zero-order chi connectivity index (χ0) is 16.7. The summed E-state index contributed by atoms with van der Waals surface area (Å²) in [5.74, 6) is 0.832. The van der Waals surface area contributed by atoms with Gasteiger partial charge in [0, 0.05) is 0 Å². The minimum Gasteiger partial charge on any atom is -0.490 e. The van der Waals surface area contributed by atoms with Crippen LogP contribution in [0.1, 0.15) is 45.6 Å². The van der Waals surface area contributed by atoms with Crippen LogP contribution >= 0.6 is 0 Å². The van der Waals surface area contributed by atoms with Crippen molar-refractivity contribution >= 4 is 5.97 Å². The molecule has 0 aromatic heterocycles. The zero-order valence-corrected chi connectivity index (χ0v) is 13.8. The van der Waals surface area contributed by atoms with E-state index in [-0.39, 0.29) is 11.8 Å². The molecule has 5 nitrogen and oxygen atoms in total. The third-order valence-corrected chi connectivity index (χ3v) is 3.89. The summed E-state index contributed by atoms with van der Waals surface area (Å²) in [7, 11) is 0. The highest BCUT2D eigenvalue weighted by molar-refractivity contribution is 5.73. The zero-order valence-electron chi connectivity index (χ0n) is 13.8. The van der Waals surface area contributed by atoms with Gasteiger partial charge in [0.25, 0.3) is 0 Å². The van der Waals surface area contributed by atoms with Gasteiger partial charge in [-0.05, 0) is 49.8 Å². The molecule has 1 rings (SSSR count). The molecule has 124 valence electrons. The standard InChI is InChI=1S/C17H27NO4/c1-5-21-15-8-7-13(10-16(15)22-6-2)12(4)11(3)9-14(18)17(19)20/h7-8,10-12,14H,5-6,9,18H2,1-4H3,(H,19,20). The molecule has 3 N–H and O–H groups in total. The lowest BCUT2D eigenvalue weighted by Gasteiger charge is -2.23. The molecule has 0 aliphatic rings. The Kier molecular flexibility index (Phi) is 7.18. The van der Waals surface area contributed by atoms with Crippen LogP contribution in [-0.4, -0.2) is 30.3 Å². The Balaban J connectivity index is 2.90. The second-order valence-electron chi connectivity index (χ2n) is 5.52. The average molecular weight is 309 g/mol. The number of carboxylic acid groups (broad SMARTS) is 1. The molecule has 22 heavy (non-hydrogen) atoms. The summed E-state index contributed by atoms with van der Waals surface area (Å²) in [6.45, 7) is 9.10. The summed E-state index contributed by atoms with van der Waals surface area (Å²) < 4.78 is 11.2. The van der Waals surface area contributed by atoms with E-state index >= 15 is 0 Å². The molecule has 3 atom stereocenters. The number of benzene rings is 1. The van der Waals surface area contributed by atoms with Crippen LogP contribution in [0.25, 0.3) is 0 Å². The Bertz CT molecular complexity index is 490. The Morgan fingerprint density at radius 2 is 1.77 bits per heavy atom. The minimum absolute atomic E-state index is 0.151. The van der Waals surface area contributed by atoms with Crippen molar-refractivity contribution < 1.29 is 19.4 Å². The van der Waals surface area contributed by atoms with Gasteiger partial charge in [0.05, 0.1) is 13.2 Å². The Morgan fingerprint density at radius 3 is 2.32 bits per heavy atom. The van der Waals surface area contributed by atoms with Crippen molar-refractivity contribution in [2.24, 2.45) is 11.7 Å². The van der Waals surface area contributed by atoms with Crippen molar-refractivity contribution in [3.8, 4) is 11.5 Å². The van der Waals surface area contributed by atoms with Crippen molar-refractivity contribution in [1.29, 1.82) is 0 Å². The number of hydrogen-bond donors (Lipinski definition) is 2. The van der Waals surface area contributed by atoms with Crippen LogP contribution in [-0.2, 0) is 4.79 Å². The van der Waals surface area contributed by atoms with Gasteiger partial charge in [0.1, 0.15) is 6.04 Å². The van der Waals surface area contributed by atoms with Gasteiger partial charge in [-0.25, -0.2) is 0 Å². The Hall–Kier alpha value is -1.75. The van der Waals surface area contributed by atoms with E-state index in [0.29, 0.717) is 19.6 Å². The second kappa shape index (κ2) is 8.63. The van der Waals surface area contributed by atoms with E-state index in [1.54, 1.807) is 0 Å². The minimum atomic E-state index is -0.958. The molecule has 1 aromatic rings. The molecule has 0 saturated heterocycles. The van der Waals surface area contributed by atoms with E-state index in [4.69, 9.17) is 20.3 Å². The molecular formula is C17H27NO4. The van der Waals surface area contributed by atoms with E-state index < -0.39 is 12.0 Å². The molecule has 5 heteroatoms. The number of rotatable bonds is 9. The fourth-order valence-corrected chi connectivity index (χ4v) is 2.38. The molecule has 3 unspecified atom stereocenters. The summed E-state index contributed by atoms with van der Waals surface area (Å²) in [4.78, 5) is 10.9. The maximum atomic E-state index is 10.9. The molecule has 0 heterocycles. The quantitative estimate of drug-likeness (QED) is 0.732. The van der Waals surface area contributed by atoms with Gasteiger partial charge in [-0.15, -0.1) is 0 Å². The number of aliphatic carboxylic acids is 1. The first-order valence-corrected chi connectivity index (χ1v) is 7.78. The third-order valence-electron chi connectivity index (χ3n) is 3.89.